The summed E-state index contributed by atoms with van der Waals surface area (Å²) in [5, 5.41) is 12.4. The van der Waals surface area contributed by atoms with E-state index in [9.17, 15) is 13.6 Å². The smallest absolute Gasteiger partial charge is 0.325 e. The summed E-state index contributed by atoms with van der Waals surface area (Å²) >= 11 is 0. The van der Waals surface area contributed by atoms with E-state index in [1.165, 1.54) is 6.07 Å². The van der Waals surface area contributed by atoms with Crippen LogP contribution in [0.3, 0.4) is 0 Å². The third-order valence-corrected chi connectivity index (χ3v) is 2.33. The molecule has 1 heterocycles. The minimum atomic E-state index is -2.68. The van der Waals surface area contributed by atoms with E-state index in [2.05, 4.69) is 5.10 Å². The number of hydrogen-bond acceptors (Lipinski definition) is 2. The molecule has 0 unspecified atom stereocenters. The zero-order chi connectivity index (χ0) is 11.0. The predicted molar refractivity (Wildman–Crippen MR) is 46.8 cm³/mol. The molecule has 1 aliphatic carbocycles. The summed E-state index contributed by atoms with van der Waals surface area (Å²) in [6.07, 6.45) is -0.774. The van der Waals surface area contributed by atoms with Crippen molar-refractivity contribution in [2.45, 2.75) is 31.7 Å². The highest BCUT2D eigenvalue weighted by Gasteiger charge is 2.29. The van der Waals surface area contributed by atoms with Gasteiger partial charge in [-0.25, -0.2) is 8.78 Å². The molecule has 1 fully saturated rings. The maximum atomic E-state index is 12.5. The molecule has 0 saturated heterocycles. The topological polar surface area (TPSA) is 55.1 Å². The minimum Gasteiger partial charge on any atom is -0.480 e. The van der Waals surface area contributed by atoms with E-state index in [4.69, 9.17) is 5.11 Å². The van der Waals surface area contributed by atoms with Crippen LogP contribution >= 0.6 is 0 Å². The van der Waals surface area contributed by atoms with Crippen molar-refractivity contribution in [2.75, 3.05) is 0 Å². The molecule has 0 aliphatic heterocycles. The Hall–Kier alpha value is -1.46. The minimum absolute atomic E-state index is 0.248. The monoisotopic (exact) mass is 216 g/mol. The molecule has 1 N–H and O–H groups in total. The van der Waals surface area contributed by atoms with Gasteiger partial charge in [-0.3, -0.25) is 9.48 Å². The number of aliphatic carboxylic acids is 1. The van der Waals surface area contributed by atoms with Crippen LogP contribution in [0.5, 0.6) is 0 Å². The van der Waals surface area contributed by atoms with Crippen molar-refractivity contribution in [3.05, 3.63) is 17.5 Å². The number of aromatic nitrogens is 2. The molecule has 1 saturated carbocycles. The quantitative estimate of drug-likeness (QED) is 0.834. The number of nitrogens with zero attached hydrogens (tertiary/aromatic N) is 2. The van der Waals surface area contributed by atoms with E-state index in [0.717, 1.165) is 17.5 Å². The third-order valence-electron chi connectivity index (χ3n) is 2.33. The molecule has 1 aliphatic rings. The first-order valence-corrected chi connectivity index (χ1v) is 4.65. The molecule has 15 heavy (non-hydrogen) atoms. The molecule has 0 aromatic carbocycles. The van der Waals surface area contributed by atoms with Crippen LogP contribution in [0.2, 0.25) is 0 Å². The second-order valence-electron chi connectivity index (χ2n) is 3.62. The molecular formula is C9H10F2N2O2. The summed E-state index contributed by atoms with van der Waals surface area (Å²) in [7, 11) is 0. The summed E-state index contributed by atoms with van der Waals surface area (Å²) in [4.78, 5) is 10.4. The number of carbonyl (C=O) groups is 1. The molecule has 6 heteroatoms. The van der Waals surface area contributed by atoms with Crippen molar-refractivity contribution in [3.63, 3.8) is 0 Å². The molecule has 2 rings (SSSR count). The molecule has 0 amide bonds. The maximum absolute atomic E-state index is 12.5. The van der Waals surface area contributed by atoms with Crippen LogP contribution in [0.25, 0.3) is 0 Å². The first-order valence-electron chi connectivity index (χ1n) is 4.65. The Balaban J connectivity index is 2.27. The standard InChI is InChI=1S/C9H10F2N2O2/c10-9(11)7-3-6(5-1-2-5)12-13(7)4-8(14)15/h3,5,9H,1-2,4H2,(H,14,15). The van der Waals surface area contributed by atoms with Gasteiger partial charge in [-0.1, -0.05) is 0 Å². The Kier molecular flexibility index (Phi) is 2.42. The fourth-order valence-corrected chi connectivity index (χ4v) is 1.46. The van der Waals surface area contributed by atoms with Gasteiger partial charge in [0.05, 0.1) is 5.69 Å². The van der Waals surface area contributed by atoms with Gasteiger partial charge in [0.25, 0.3) is 6.43 Å². The zero-order valence-electron chi connectivity index (χ0n) is 7.86. The van der Waals surface area contributed by atoms with Gasteiger partial charge in [-0.05, 0) is 18.9 Å². The Morgan fingerprint density at radius 3 is 2.80 bits per heavy atom. The van der Waals surface area contributed by atoms with Crippen LogP contribution in [0.1, 0.15) is 36.6 Å². The van der Waals surface area contributed by atoms with Crippen molar-refractivity contribution in [1.82, 2.24) is 9.78 Å². The molecule has 1 aromatic rings. The van der Waals surface area contributed by atoms with Crippen LogP contribution in [0.15, 0.2) is 6.07 Å². The van der Waals surface area contributed by atoms with Gasteiger partial charge >= 0.3 is 5.97 Å². The fraction of sp³-hybridized carbons (Fsp3) is 0.556. The average molecular weight is 216 g/mol. The third kappa shape index (κ3) is 2.14. The Bertz CT molecular complexity index is 385. The van der Waals surface area contributed by atoms with Crippen LogP contribution in [0, 0.1) is 0 Å². The van der Waals surface area contributed by atoms with Gasteiger partial charge in [0, 0.05) is 5.92 Å². The van der Waals surface area contributed by atoms with E-state index in [1.807, 2.05) is 0 Å². The summed E-state index contributed by atoms with van der Waals surface area (Å²) in [5.74, 6) is -0.917. The largest absolute Gasteiger partial charge is 0.480 e. The second kappa shape index (κ2) is 3.60. The highest BCUT2D eigenvalue weighted by Crippen LogP contribution is 2.40. The van der Waals surface area contributed by atoms with Crippen molar-refractivity contribution in [2.24, 2.45) is 0 Å². The fourth-order valence-electron chi connectivity index (χ4n) is 1.46. The van der Waals surface area contributed by atoms with Gasteiger partial charge in [0.2, 0.25) is 0 Å². The zero-order valence-corrected chi connectivity index (χ0v) is 7.86. The number of alkyl halides is 2. The van der Waals surface area contributed by atoms with E-state index in [0.29, 0.717) is 5.69 Å². The maximum Gasteiger partial charge on any atom is 0.325 e. The Morgan fingerprint density at radius 2 is 2.33 bits per heavy atom. The molecule has 0 radical (unpaired) electrons. The van der Waals surface area contributed by atoms with Crippen LogP contribution < -0.4 is 0 Å². The summed E-state index contributed by atoms with van der Waals surface area (Å²) in [6.45, 7) is -0.508. The number of carboxylic acids is 1. The second-order valence-corrected chi connectivity index (χ2v) is 3.62. The van der Waals surface area contributed by atoms with Crippen molar-refractivity contribution < 1.29 is 18.7 Å². The van der Waals surface area contributed by atoms with E-state index < -0.39 is 18.9 Å². The highest BCUT2D eigenvalue weighted by molar-refractivity contribution is 5.66. The summed E-state index contributed by atoms with van der Waals surface area (Å²) < 4.78 is 25.9. The molecular weight excluding hydrogens is 206 g/mol. The van der Waals surface area contributed by atoms with Crippen LogP contribution in [-0.4, -0.2) is 20.9 Å². The SMILES string of the molecule is O=C(O)Cn1nc(C2CC2)cc1C(F)F. The lowest BCUT2D eigenvalue weighted by Gasteiger charge is -2.02. The van der Waals surface area contributed by atoms with Crippen LogP contribution in [-0.2, 0) is 11.3 Å². The van der Waals surface area contributed by atoms with E-state index in [1.54, 1.807) is 0 Å². The molecule has 0 spiro atoms. The molecule has 0 atom stereocenters. The van der Waals surface area contributed by atoms with Crippen molar-refractivity contribution >= 4 is 5.97 Å². The van der Waals surface area contributed by atoms with Crippen molar-refractivity contribution in [1.29, 1.82) is 0 Å². The summed E-state index contributed by atoms with van der Waals surface area (Å²) in [6, 6.07) is 1.31. The predicted octanol–water partition coefficient (Wildman–Crippen LogP) is 1.78. The lowest BCUT2D eigenvalue weighted by molar-refractivity contribution is -0.138. The highest BCUT2D eigenvalue weighted by atomic mass is 19.3. The van der Waals surface area contributed by atoms with Gasteiger partial charge in [0.1, 0.15) is 12.2 Å². The molecule has 1 aromatic heterocycles. The molecule has 0 bridgehead atoms. The van der Waals surface area contributed by atoms with E-state index in [-0.39, 0.29) is 11.6 Å². The number of halogens is 2. The Morgan fingerprint density at radius 1 is 1.67 bits per heavy atom. The van der Waals surface area contributed by atoms with Crippen molar-refractivity contribution in [3.8, 4) is 0 Å². The lowest BCUT2D eigenvalue weighted by atomic mass is 10.3. The lowest BCUT2D eigenvalue weighted by Crippen LogP contribution is -2.13. The number of carboxylic acid groups (broad SMARTS) is 1. The van der Waals surface area contributed by atoms with Gasteiger partial charge < -0.3 is 5.11 Å². The Labute approximate surface area is 84.5 Å². The molecule has 4 nitrogen and oxygen atoms in total. The molecule has 82 valence electrons. The normalized spacial score (nSPS) is 15.9. The number of hydrogen-bond donors (Lipinski definition) is 1. The first kappa shape index (κ1) is 10.1. The van der Waals surface area contributed by atoms with Gasteiger partial charge in [-0.15, -0.1) is 0 Å². The van der Waals surface area contributed by atoms with E-state index >= 15 is 0 Å². The van der Waals surface area contributed by atoms with Gasteiger partial charge in [0.15, 0.2) is 0 Å². The summed E-state index contributed by atoms with van der Waals surface area (Å²) in [5.41, 5.74) is 0.283. The van der Waals surface area contributed by atoms with Gasteiger partial charge in [-0.2, -0.15) is 5.10 Å². The first-order chi connectivity index (χ1) is 7.08. The van der Waals surface area contributed by atoms with Crippen LogP contribution in [0.4, 0.5) is 8.78 Å². The number of rotatable bonds is 4. The average Bonchev–Trinajstić information content (AvgIpc) is 2.88.